The second kappa shape index (κ2) is 7.02. The summed E-state index contributed by atoms with van der Waals surface area (Å²) in [5.74, 6) is 0.915. The van der Waals surface area contributed by atoms with Crippen molar-refractivity contribution in [3.63, 3.8) is 0 Å². The third kappa shape index (κ3) is 3.69. The van der Waals surface area contributed by atoms with E-state index >= 15 is 0 Å². The highest BCUT2D eigenvalue weighted by molar-refractivity contribution is 7.92. The van der Waals surface area contributed by atoms with Gasteiger partial charge in [-0.3, -0.25) is 9.82 Å². The second-order valence-corrected chi connectivity index (χ2v) is 6.93. The van der Waals surface area contributed by atoms with Crippen molar-refractivity contribution in [1.29, 1.82) is 0 Å². The maximum absolute atomic E-state index is 12.7. The fourth-order valence-electron chi connectivity index (χ4n) is 2.41. The first-order valence-corrected chi connectivity index (χ1v) is 9.37. The molecule has 0 aliphatic carbocycles. The Morgan fingerprint density at radius 1 is 1.04 bits per heavy atom. The lowest BCUT2D eigenvalue weighted by Gasteiger charge is -2.13. The Labute approximate surface area is 146 Å². The molecule has 0 aliphatic rings. The molecule has 0 fully saturated rings. The van der Waals surface area contributed by atoms with Crippen molar-refractivity contribution in [1.82, 2.24) is 10.2 Å². The minimum atomic E-state index is -3.76. The van der Waals surface area contributed by atoms with Crippen LogP contribution in [0.3, 0.4) is 0 Å². The maximum atomic E-state index is 12.7. The number of aromatic amines is 1. The highest BCUT2D eigenvalue weighted by atomic mass is 32.2. The van der Waals surface area contributed by atoms with Gasteiger partial charge < -0.3 is 9.47 Å². The predicted molar refractivity (Wildman–Crippen MR) is 95.7 cm³/mol. The van der Waals surface area contributed by atoms with Crippen molar-refractivity contribution in [3.8, 4) is 11.5 Å². The van der Waals surface area contributed by atoms with E-state index in [-0.39, 0.29) is 4.90 Å². The Hall–Kier alpha value is -2.74. The smallest absolute Gasteiger partial charge is 0.262 e. The molecule has 132 valence electrons. The van der Waals surface area contributed by atoms with E-state index in [1.807, 2.05) is 13.8 Å². The molecule has 0 radical (unpaired) electrons. The molecule has 8 heteroatoms. The van der Waals surface area contributed by atoms with Gasteiger partial charge in [-0.05, 0) is 44.2 Å². The predicted octanol–water partition coefficient (Wildman–Crippen LogP) is 3.16. The fraction of sp³-hybridized carbons (Fsp3) is 0.235. The van der Waals surface area contributed by atoms with Gasteiger partial charge in [0.25, 0.3) is 10.0 Å². The summed E-state index contributed by atoms with van der Waals surface area (Å²) in [7, 11) is -3.76. The van der Waals surface area contributed by atoms with Gasteiger partial charge in [-0.25, -0.2) is 8.42 Å². The van der Waals surface area contributed by atoms with Gasteiger partial charge >= 0.3 is 0 Å². The summed E-state index contributed by atoms with van der Waals surface area (Å²) in [5, 5.41) is 7.64. The van der Waals surface area contributed by atoms with Crippen molar-refractivity contribution in [2.24, 2.45) is 0 Å². The topological polar surface area (TPSA) is 93.3 Å². The van der Waals surface area contributed by atoms with Crippen molar-refractivity contribution in [2.45, 2.75) is 18.7 Å². The zero-order valence-electron chi connectivity index (χ0n) is 13.9. The van der Waals surface area contributed by atoms with Crippen molar-refractivity contribution < 1.29 is 17.9 Å². The van der Waals surface area contributed by atoms with Crippen LogP contribution in [0, 0.1) is 0 Å². The number of benzene rings is 2. The number of aromatic nitrogens is 2. The highest BCUT2D eigenvalue weighted by Gasteiger charge is 2.18. The van der Waals surface area contributed by atoms with Crippen LogP contribution in [-0.2, 0) is 10.0 Å². The Bertz CT molecular complexity index is 982. The maximum Gasteiger partial charge on any atom is 0.262 e. The molecule has 0 saturated heterocycles. The standard InChI is InChI=1S/C17H19N3O4S/c1-3-23-16-8-7-14(10-17(16)24-4-2)25(21,22)20-13-6-5-12-11-18-19-15(12)9-13/h5-11,20H,3-4H2,1-2H3,(H,18,19). The lowest BCUT2D eigenvalue weighted by molar-refractivity contribution is 0.287. The summed E-state index contributed by atoms with van der Waals surface area (Å²) in [6.07, 6.45) is 1.68. The highest BCUT2D eigenvalue weighted by Crippen LogP contribution is 2.31. The molecule has 0 bridgehead atoms. The molecule has 3 rings (SSSR count). The number of ether oxygens (including phenoxy) is 2. The summed E-state index contributed by atoms with van der Waals surface area (Å²) in [6.45, 7) is 4.56. The third-order valence-corrected chi connectivity index (χ3v) is 4.90. The van der Waals surface area contributed by atoms with Crippen LogP contribution in [0.2, 0.25) is 0 Å². The van der Waals surface area contributed by atoms with Crippen molar-refractivity contribution in [2.75, 3.05) is 17.9 Å². The fourth-order valence-corrected chi connectivity index (χ4v) is 3.48. The number of nitrogens with zero attached hydrogens (tertiary/aromatic N) is 1. The molecule has 7 nitrogen and oxygen atoms in total. The molecule has 0 atom stereocenters. The van der Waals surface area contributed by atoms with E-state index in [1.54, 1.807) is 30.5 Å². The van der Waals surface area contributed by atoms with Crippen LogP contribution < -0.4 is 14.2 Å². The van der Waals surface area contributed by atoms with Crippen LogP contribution in [-0.4, -0.2) is 31.8 Å². The van der Waals surface area contributed by atoms with E-state index in [1.165, 1.54) is 12.1 Å². The van der Waals surface area contributed by atoms with Crippen molar-refractivity contribution in [3.05, 3.63) is 42.6 Å². The van der Waals surface area contributed by atoms with Gasteiger partial charge in [-0.15, -0.1) is 0 Å². The van der Waals surface area contributed by atoms with E-state index in [2.05, 4.69) is 14.9 Å². The molecule has 25 heavy (non-hydrogen) atoms. The molecular weight excluding hydrogens is 342 g/mol. The van der Waals surface area contributed by atoms with Crippen LogP contribution >= 0.6 is 0 Å². The van der Waals surface area contributed by atoms with Gasteiger partial charge in [0.2, 0.25) is 0 Å². The number of sulfonamides is 1. The summed E-state index contributed by atoms with van der Waals surface area (Å²) in [5.41, 5.74) is 1.20. The van der Waals surface area contributed by atoms with Crippen LogP contribution in [0.15, 0.2) is 47.5 Å². The van der Waals surface area contributed by atoms with Crippen LogP contribution in [0.25, 0.3) is 10.9 Å². The molecule has 0 unspecified atom stereocenters. The molecular formula is C17H19N3O4S. The lowest BCUT2D eigenvalue weighted by Crippen LogP contribution is -2.13. The molecule has 0 aliphatic heterocycles. The SMILES string of the molecule is CCOc1ccc(S(=O)(=O)Nc2ccc3cn[nH]c3c2)cc1OCC. The zero-order chi connectivity index (χ0) is 17.9. The Morgan fingerprint density at radius 2 is 1.80 bits per heavy atom. The van der Waals surface area contributed by atoms with Gasteiger partial charge in [0.1, 0.15) is 0 Å². The van der Waals surface area contributed by atoms with Gasteiger partial charge in [0.05, 0.1) is 35.5 Å². The molecule has 2 aromatic carbocycles. The quantitative estimate of drug-likeness (QED) is 0.674. The minimum absolute atomic E-state index is 0.101. The minimum Gasteiger partial charge on any atom is -0.490 e. The lowest BCUT2D eigenvalue weighted by atomic mass is 10.2. The van der Waals surface area contributed by atoms with Crippen LogP contribution in [0.1, 0.15) is 13.8 Å². The molecule has 0 spiro atoms. The molecule has 2 N–H and O–H groups in total. The Balaban J connectivity index is 1.91. The number of anilines is 1. The molecule has 0 saturated carbocycles. The first-order valence-electron chi connectivity index (χ1n) is 7.89. The summed E-state index contributed by atoms with van der Waals surface area (Å²) in [4.78, 5) is 0.101. The average molecular weight is 361 g/mol. The van der Waals surface area contributed by atoms with Gasteiger partial charge in [-0.1, -0.05) is 0 Å². The normalized spacial score (nSPS) is 11.4. The number of rotatable bonds is 7. The summed E-state index contributed by atoms with van der Waals surface area (Å²) >= 11 is 0. The molecule has 0 amide bonds. The average Bonchev–Trinajstić information content (AvgIpc) is 3.04. The second-order valence-electron chi connectivity index (χ2n) is 5.25. The number of fused-ring (bicyclic) bond motifs is 1. The van der Waals surface area contributed by atoms with Gasteiger partial charge in [0.15, 0.2) is 11.5 Å². The van der Waals surface area contributed by atoms with E-state index in [0.29, 0.717) is 30.4 Å². The molecule has 1 heterocycles. The first-order chi connectivity index (χ1) is 12.0. The van der Waals surface area contributed by atoms with Crippen LogP contribution in [0.5, 0.6) is 11.5 Å². The number of hydrogen-bond acceptors (Lipinski definition) is 5. The first kappa shape index (κ1) is 17.1. The van der Waals surface area contributed by atoms with E-state index in [0.717, 1.165) is 10.9 Å². The number of nitrogens with one attached hydrogen (secondary N) is 2. The third-order valence-electron chi connectivity index (χ3n) is 3.52. The monoisotopic (exact) mass is 361 g/mol. The Kier molecular flexibility index (Phi) is 4.80. The Morgan fingerprint density at radius 3 is 2.56 bits per heavy atom. The number of hydrogen-bond donors (Lipinski definition) is 2. The van der Waals surface area contributed by atoms with Crippen LogP contribution in [0.4, 0.5) is 5.69 Å². The largest absolute Gasteiger partial charge is 0.490 e. The zero-order valence-corrected chi connectivity index (χ0v) is 14.8. The summed E-state index contributed by atoms with van der Waals surface area (Å²) < 4.78 is 38.9. The van der Waals surface area contributed by atoms with E-state index in [9.17, 15) is 8.42 Å². The van der Waals surface area contributed by atoms with Gasteiger partial charge in [-0.2, -0.15) is 5.10 Å². The van der Waals surface area contributed by atoms with E-state index < -0.39 is 10.0 Å². The number of H-pyrrole nitrogens is 1. The van der Waals surface area contributed by atoms with Crippen molar-refractivity contribution >= 4 is 26.6 Å². The summed E-state index contributed by atoms with van der Waals surface area (Å²) in [6, 6.07) is 9.73. The molecule has 1 aromatic heterocycles. The van der Waals surface area contributed by atoms with E-state index in [4.69, 9.17) is 9.47 Å². The molecule has 3 aromatic rings. The van der Waals surface area contributed by atoms with Gasteiger partial charge in [0, 0.05) is 11.5 Å².